The Balaban J connectivity index is 2.18. The molecule has 1 aromatic rings. The number of ketones is 1. The molecule has 1 aromatic carbocycles. The molecule has 1 unspecified atom stereocenters. The Kier molecular flexibility index (Phi) is 3.60. The minimum atomic E-state index is -0.921. The monoisotopic (exact) mass is 234 g/mol. The number of hydrogen-bond acceptors (Lipinski definition) is 3. The summed E-state index contributed by atoms with van der Waals surface area (Å²) in [4.78, 5) is 11.8. The summed E-state index contributed by atoms with van der Waals surface area (Å²) in [6.07, 6.45) is 1.97. The molecule has 1 saturated carbocycles. The molecule has 17 heavy (non-hydrogen) atoms. The summed E-state index contributed by atoms with van der Waals surface area (Å²) in [5, 5.41) is 18.9. The Labute approximate surface area is 101 Å². The second-order valence-electron chi connectivity index (χ2n) is 4.82. The van der Waals surface area contributed by atoms with Crippen molar-refractivity contribution in [3.63, 3.8) is 0 Å². The van der Waals surface area contributed by atoms with Crippen LogP contribution in [0.15, 0.2) is 30.3 Å². The fourth-order valence-corrected chi connectivity index (χ4v) is 2.74. The first-order valence-electron chi connectivity index (χ1n) is 6.02. The largest absolute Gasteiger partial charge is 0.395 e. The van der Waals surface area contributed by atoms with Gasteiger partial charge in [0.25, 0.3) is 0 Å². The predicted octanol–water partition coefficient (Wildman–Crippen LogP) is 1.18. The quantitative estimate of drug-likeness (QED) is 0.822. The SMILES string of the molecule is O=C1CCC(Cc2ccccc2)C1(CO)CO. The van der Waals surface area contributed by atoms with Gasteiger partial charge in [0, 0.05) is 6.42 Å². The van der Waals surface area contributed by atoms with Crippen LogP contribution in [0.5, 0.6) is 0 Å². The van der Waals surface area contributed by atoms with E-state index in [2.05, 4.69) is 0 Å². The third kappa shape index (κ3) is 2.13. The Morgan fingerprint density at radius 1 is 1.18 bits per heavy atom. The highest BCUT2D eigenvalue weighted by Gasteiger charge is 2.48. The van der Waals surface area contributed by atoms with Crippen LogP contribution in [-0.2, 0) is 11.2 Å². The van der Waals surface area contributed by atoms with Gasteiger partial charge < -0.3 is 10.2 Å². The maximum Gasteiger partial charge on any atom is 0.143 e. The van der Waals surface area contributed by atoms with Crippen LogP contribution >= 0.6 is 0 Å². The van der Waals surface area contributed by atoms with Crippen molar-refractivity contribution in [2.45, 2.75) is 19.3 Å². The van der Waals surface area contributed by atoms with Crippen molar-refractivity contribution in [2.75, 3.05) is 13.2 Å². The van der Waals surface area contributed by atoms with E-state index in [1.807, 2.05) is 30.3 Å². The molecule has 0 bridgehead atoms. The normalized spacial score (nSPS) is 22.9. The number of aliphatic hydroxyl groups is 2. The number of Topliss-reactive ketones (excluding diaryl/α,β-unsaturated/α-hetero) is 1. The van der Waals surface area contributed by atoms with Gasteiger partial charge in [0.15, 0.2) is 0 Å². The van der Waals surface area contributed by atoms with E-state index < -0.39 is 5.41 Å². The summed E-state index contributed by atoms with van der Waals surface area (Å²) < 4.78 is 0. The summed E-state index contributed by atoms with van der Waals surface area (Å²) in [6, 6.07) is 9.91. The minimum Gasteiger partial charge on any atom is -0.395 e. The first kappa shape index (κ1) is 12.3. The van der Waals surface area contributed by atoms with Crippen LogP contribution in [0.3, 0.4) is 0 Å². The van der Waals surface area contributed by atoms with Crippen molar-refractivity contribution < 1.29 is 15.0 Å². The summed E-state index contributed by atoms with van der Waals surface area (Å²) in [5.74, 6) is 0.0517. The van der Waals surface area contributed by atoms with Crippen LogP contribution in [0.1, 0.15) is 18.4 Å². The lowest BCUT2D eigenvalue weighted by molar-refractivity contribution is -0.132. The summed E-state index contributed by atoms with van der Waals surface area (Å²) in [5.41, 5.74) is 0.231. The van der Waals surface area contributed by atoms with E-state index in [1.54, 1.807) is 0 Å². The number of hydrogen-bond donors (Lipinski definition) is 2. The van der Waals surface area contributed by atoms with Gasteiger partial charge in [-0.3, -0.25) is 4.79 Å². The molecule has 2 N–H and O–H groups in total. The van der Waals surface area contributed by atoms with Crippen molar-refractivity contribution in [1.29, 1.82) is 0 Å². The molecule has 3 heteroatoms. The van der Waals surface area contributed by atoms with Gasteiger partial charge in [-0.1, -0.05) is 30.3 Å². The summed E-state index contributed by atoms with van der Waals surface area (Å²) in [6.45, 7) is -0.500. The topological polar surface area (TPSA) is 57.5 Å². The zero-order chi connectivity index (χ0) is 12.3. The van der Waals surface area contributed by atoms with Crippen LogP contribution in [0.4, 0.5) is 0 Å². The van der Waals surface area contributed by atoms with E-state index >= 15 is 0 Å². The van der Waals surface area contributed by atoms with E-state index in [0.29, 0.717) is 6.42 Å². The molecule has 0 heterocycles. The van der Waals surface area contributed by atoms with Gasteiger partial charge in [-0.05, 0) is 24.3 Å². The second-order valence-corrected chi connectivity index (χ2v) is 4.82. The molecule has 1 aliphatic carbocycles. The van der Waals surface area contributed by atoms with E-state index in [1.165, 1.54) is 0 Å². The van der Waals surface area contributed by atoms with E-state index in [-0.39, 0.29) is 24.9 Å². The van der Waals surface area contributed by atoms with Gasteiger partial charge in [-0.25, -0.2) is 0 Å². The summed E-state index contributed by atoms with van der Waals surface area (Å²) in [7, 11) is 0. The average molecular weight is 234 g/mol. The smallest absolute Gasteiger partial charge is 0.143 e. The fourth-order valence-electron chi connectivity index (χ4n) is 2.74. The van der Waals surface area contributed by atoms with Gasteiger partial charge >= 0.3 is 0 Å². The van der Waals surface area contributed by atoms with Crippen molar-refractivity contribution in [1.82, 2.24) is 0 Å². The van der Waals surface area contributed by atoms with Crippen molar-refractivity contribution >= 4 is 5.78 Å². The molecule has 0 amide bonds. The highest BCUT2D eigenvalue weighted by Crippen LogP contribution is 2.41. The fraction of sp³-hybridized carbons (Fsp3) is 0.500. The van der Waals surface area contributed by atoms with E-state index in [4.69, 9.17) is 0 Å². The molecule has 3 nitrogen and oxygen atoms in total. The van der Waals surface area contributed by atoms with Gasteiger partial charge in [0.1, 0.15) is 5.78 Å². The Morgan fingerprint density at radius 3 is 2.41 bits per heavy atom. The lowest BCUT2D eigenvalue weighted by atomic mass is 9.75. The third-order valence-corrected chi connectivity index (χ3v) is 3.95. The van der Waals surface area contributed by atoms with Crippen molar-refractivity contribution in [3.8, 4) is 0 Å². The van der Waals surface area contributed by atoms with Crippen LogP contribution in [0.2, 0.25) is 0 Å². The number of rotatable bonds is 4. The molecular weight excluding hydrogens is 216 g/mol. The zero-order valence-electron chi connectivity index (χ0n) is 9.80. The Bertz CT molecular complexity index is 382. The van der Waals surface area contributed by atoms with Crippen LogP contribution in [-0.4, -0.2) is 29.2 Å². The molecule has 0 spiro atoms. The predicted molar refractivity (Wildman–Crippen MR) is 64.5 cm³/mol. The molecule has 0 aromatic heterocycles. The second kappa shape index (κ2) is 4.98. The van der Waals surface area contributed by atoms with Crippen molar-refractivity contribution in [3.05, 3.63) is 35.9 Å². The van der Waals surface area contributed by atoms with E-state index in [0.717, 1.165) is 18.4 Å². The molecule has 0 radical (unpaired) electrons. The first-order chi connectivity index (χ1) is 8.23. The number of carbonyl (C=O) groups is 1. The molecule has 0 aliphatic heterocycles. The third-order valence-electron chi connectivity index (χ3n) is 3.95. The molecular formula is C14H18O3. The van der Waals surface area contributed by atoms with Gasteiger partial charge in [-0.2, -0.15) is 0 Å². The van der Waals surface area contributed by atoms with Crippen LogP contribution in [0, 0.1) is 11.3 Å². The molecule has 92 valence electrons. The summed E-state index contributed by atoms with van der Waals surface area (Å²) >= 11 is 0. The van der Waals surface area contributed by atoms with Crippen LogP contribution < -0.4 is 0 Å². The number of aliphatic hydroxyl groups excluding tert-OH is 2. The average Bonchev–Trinajstić information content (AvgIpc) is 2.68. The van der Waals surface area contributed by atoms with Crippen LogP contribution in [0.25, 0.3) is 0 Å². The van der Waals surface area contributed by atoms with Gasteiger partial charge in [-0.15, -0.1) is 0 Å². The minimum absolute atomic E-state index is 0.00318. The maximum atomic E-state index is 11.8. The maximum absolute atomic E-state index is 11.8. The van der Waals surface area contributed by atoms with E-state index in [9.17, 15) is 15.0 Å². The highest BCUT2D eigenvalue weighted by atomic mass is 16.3. The Morgan fingerprint density at radius 2 is 1.82 bits per heavy atom. The number of benzene rings is 1. The molecule has 1 atom stereocenters. The lowest BCUT2D eigenvalue weighted by Gasteiger charge is -2.30. The zero-order valence-corrected chi connectivity index (χ0v) is 9.80. The number of carbonyl (C=O) groups excluding carboxylic acids is 1. The van der Waals surface area contributed by atoms with Gasteiger partial charge in [0.05, 0.1) is 18.6 Å². The molecule has 1 aliphatic rings. The van der Waals surface area contributed by atoms with Crippen molar-refractivity contribution in [2.24, 2.45) is 11.3 Å². The molecule has 2 rings (SSSR count). The highest BCUT2D eigenvalue weighted by molar-refractivity contribution is 5.87. The van der Waals surface area contributed by atoms with Gasteiger partial charge in [0.2, 0.25) is 0 Å². The first-order valence-corrected chi connectivity index (χ1v) is 6.02. The molecule has 0 saturated heterocycles. The Hall–Kier alpha value is -1.19. The molecule has 1 fully saturated rings. The lowest BCUT2D eigenvalue weighted by Crippen LogP contribution is -2.40. The standard InChI is InChI=1S/C14H18O3/c15-9-14(10-16)12(6-7-13(14)17)8-11-4-2-1-3-5-11/h1-5,12,15-16H,6-10H2.